The highest BCUT2D eigenvalue weighted by molar-refractivity contribution is 8.01. The van der Waals surface area contributed by atoms with E-state index in [4.69, 9.17) is 9.47 Å². The standard InChI is InChI=1S/C16H24N2O3S/c1-11-15(19)18(9-5-8-17-2)16(22-11)12-6-7-13(20-3)14(10-12)21-4/h6-7,10-11,16-17H,5,8-9H2,1-4H3. The van der Waals surface area contributed by atoms with Crippen molar-refractivity contribution in [1.82, 2.24) is 10.2 Å². The first-order chi connectivity index (χ1) is 10.6. The highest BCUT2D eigenvalue weighted by Gasteiger charge is 2.38. The zero-order valence-corrected chi connectivity index (χ0v) is 14.4. The number of thioether (sulfide) groups is 1. The van der Waals surface area contributed by atoms with Gasteiger partial charge in [-0.3, -0.25) is 4.79 Å². The van der Waals surface area contributed by atoms with Crippen LogP contribution in [0.1, 0.15) is 24.3 Å². The molecule has 1 amide bonds. The van der Waals surface area contributed by atoms with E-state index in [-0.39, 0.29) is 16.5 Å². The average molecular weight is 324 g/mol. The van der Waals surface area contributed by atoms with Gasteiger partial charge < -0.3 is 19.7 Å². The summed E-state index contributed by atoms with van der Waals surface area (Å²) in [6.07, 6.45) is 0.944. The SMILES string of the molecule is CNCCCN1C(=O)C(C)SC1c1ccc(OC)c(OC)c1. The van der Waals surface area contributed by atoms with E-state index in [1.54, 1.807) is 26.0 Å². The Morgan fingerprint density at radius 3 is 2.64 bits per heavy atom. The lowest BCUT2D eigenvalue weighted by atomic mass is 10.1. The molecule has 1 fully saturated rings. The Morgan fingerprint density at radius 2 is 2.00 bits per heavy atom. The maximum absolute atomic E-state index is 12.4. The molecule has 122 valence electrons. The molecule has 1 aliphatic heterocycles. The van der Waals surface area contributed by atoms with Gasteiger partial charge in [0, 0.05) is 6.54 Å². The molecule has 0 aromatic heterocycles. The molecule has 2 rings (SSSR count). The molecule has 2 atom stereocenters. The van der Waals surface area contributed by atoms with Gasteiger partial charge >= 0.3 is 0 Å². The maximum atomic E-state index is 12.4. The number of hydrogen-bond donors (Lipinski definition) is 1. The molecule has 1 aliphatic rings. The van der Waals surface area contributed by atoms with Gasteiger partial charge in [-0.15, -0.1) is 11.8 Å². The van der Waals surface area contributed by atoms with Crippen molar-refractivity contribution in [3.63, 3.8) is 0 Å². The third kappa shape index (κ3) is 3.50. The van der Waals surface area contributed by atoms with E-state index in [0.717, 1.165) is 25.1 Å². The zero-order chi connectivity index (χ0) is 16.1. The van der Waals surface area contributed by atoms with Gasteiger partial charge in [-0.2, -0.15) is 0 Å². The number of carbonyl (C=O) groups is 1. The topological polar surface area (TPSA) is 50.8 Å². The van der Waals surface area contributed by atoms with Crippen LogP contribution < -0.4 is 14.8 Å². The van der Waals surface area contributed by atoms with Gasteiger partial charge in [0.15, 0.2) is 11.5 Å². The molecule has 6 heteroatoms. The van der Waals surface area contributed by atoms with Gasteiger partial charge in [-0.1, -0.05) is 6.07 Å². The third-order valence-corrected chi connectivity index (χ3v) is 5.16. The number of hydrogen-bond acceptors (Lipinski definition) is 5. The predicted octanol–water partition coefficient (Wildman–Crippen LogP) is 2.28. The summed E-state index contributed by atoms with van der Waals surface area (Å²) >= 11 is 1.69. The fourth-order valence-electron chi connectivity index (χ4n) is 2.59. The van der Waals surface area contributed by atoms with Crippen LogP contribution in [-0.4, -0.2) is 50.4 Å². The van der Waals surface area contributed by atoms with Crippen LogP contribution in [0.3, 0.4) is 0 Å². The number of ether oxygens (including phenoxy) is 2. The van der Waals surface area contributed by atoms with Crippen molar-refractivity contribution < 1.29 is 14.3 Å². The van der Waals surface area contributed by atoms with Crippen molar-refractivity contribution in [2.24, 2.45) is 0 Å². The molecule has 2 unspecified atom stereocenters. The van der Waals surface area contributed by atoms with Crippen LogP contribution in [0.2, 0.25) is 0 Å². The fourth-order valence-corrected chi connectivity index (χ4v) is 3.89. The lowest BCUT2D eigenvalue weighted by Gasteiger charge is -2.24. The van der Waals surface area contributed by atoms with Crippen LogP contribution in [0.5, 0.6) is 11.5 Å². The smallest absolute Gasteiger partial charge is 0.236 e. The Labute approximate surface area is 136 Å². The third-order valence-electron chi connectivity index (χ3n) is 3.77. The molecule has 5 nitrogen and oxygen atoms in total. The molecule has 0 saturated carbocycles. The Bertz CT molecular complexity index is 524. The van der Waals surface area contributed by atoms with Crippen LogP contribution in [0.25, 0.3) is 0 Å². The van der Waals surface area contributed by atoms with Gasteiger partial charge in [0.25, 0.3) is 0 Å². The number of nitrogens with zero attached hydrogens (tertiary/aromatic N) is 1. The van der Waals surface area contributed by atoms with Gasteiger partial charge in [0.1, 0.15) is 5.37 Å². The summed E-state index contributed by atoms with van der Waals surface area (Å²) in [6.45, 7) is 3.64. The number of amides is 1. The summed E-state index contributed by atoms with van der Waals surface area (Å²) < 4.78 is 10.7. The molecule has 0 aliphatic carbocycles. The van der Waals surface area contributed by atoms with Crippen molar-refractivity contribution in [2.45, 2.75) is 24.0 Å². The van der Waals surface area contributed by atoms with Gasteiger partial charge in [-0.25, -0.2) is 0 Å². The van der Waals surface area contributed by atoms with E-state index < -0.39 is 0 Å². The van der Waals surface area contributed by atoms with Crippen molar-refractivity contribution in [1.29, 1.82) is 0 Å². The molecule has 0 spiro atoms. The van der Waals surface area contributed by atoms with E-state index in [1.807, 2.05) is 37.1 Å². The van der Waals surface area contributed by atoms with Crippen molar-refractivity contribution in [3.05, 3.63) is 23.8 Å². The van der Waals surface area contributed by atoms with E-state index in [2.05, 4.69) is 5.32 Å². The first-order valence-corrected chi connectivity index (χ1v) is 8.39. The van der Waals surface area contributed by atoms with Gasteiger partial charge in [-0.05, 0) is 44.6 Å². The van der Waals surface area contributed by atoms with Crippen molar-refractivity contribution in [2.75, 3.05) is 34.4 Å². The van der Waals surface area contributed by atoms with E-state index in [0.29, 0.717) is 11.5 Å². The number of benzene rings is 1. The van der Waals surface area contributed by atoms with Crippen molar-refractivity contribution >= 4 is 17.7 Å². The second kappa shape index (κ2) is 7.74. The second-order valence-corrected chi connectivity index (χ2v) is 6.66. The van der Waals surface area contributed by atoms with Crippen molar-refractivity contribution in [3.8, 4) is 11.5 Å². The second-order valence-electron chi connectivity index (χ2n) is 5.23. The summed E-state index contributed by atoms with van der Waals surface area (Å²) in [4.78, 5) is 14.4. The number of rotatable bonds is 7. The largest absolute Gasteiger partial charge is 0.493 e. The first kappa shape index (κ1) is 17.0. The predicted molar refractivity (Wildman–Crippen MR) is 89.6 cm³/mol. The van der Waals surface area contributed by atoms with Crippen LogP contribution in [0.15, 0.2) is 18.2 Å². The summed E-state index contributed by atoms with van der Waals surface area (Å²) in [5, 5.41) is 3.16. The molecule has 0 bridgehead atoms. The molecule has 0 radical (unpaired) electrons. The molecule has 1 aromatic rings. The Balaban J connectivity index is 2.22. The Hall–Kier alpha value is -1.40. The van der Waals surface area contributed by atoms with E-state index >= 15 is 0 Å². The van der Waals surface area contributed by atoms with E-state index in [9.17, 15) is 4.79 Å². The molecule has 1 heterocycles. The molecular formula is C16H24N2O3S. The minimum atomic E-state index is -0.00678. The first-order valence-electron chi connectivity index (χ1n) is 7.44. The normalized spacial score (nSPS) is 21.3. The lowest BCUT2D eigenvalue weighted by molar-refractivity contribution is -0.129. The lowest BCUT2D eigenvalue weighted by Crippen LogP contribution is -2.32. The van der Waals surface area contributed by atoms with Gasteiger partial charge in [0.2, 0.25) is 5.91 Å². The zero-order valence-electron chi connectivity index (χ0n) is 13.6. The molecule has 1 aromatic carbocycles. The van der Waals surface area contributed by atoms with Crippen LogP contribution >= 0.6 is 11.8 Å². The monoisotopic (exact) mass is 324 g/mol. The molecule has 22 heavy (non-hydrogen) atoms. The summed E-state index contributed by atoms with van der Waals surface area (Å²) in [5.41, 5.74) is 1.07. The summed E-state index contributed by atoms with van der Waals surface area (Å²) in [5.74, 6) is 1.61. The number of carbonyl (C=O) groups excluding carboxylic acids is 1. The van der Waals surface area contributed by atoms with Crippen LogP contribution in [-0.2, 0) is 4.79 Å². The Kier molecular flexibility index (Phi) is 5.97. The summed E-state index contributed by atoms with van der Waals surface area (Å²) in [6, 6.07) is 5.87. The highest BCUT2D eigenvalue weighted by Crippen LogP contribution is 2.44. The Morgan fingerprint density at radius 1 is 1.27 bits per heavy atom. The highest BCUT2D eigenvalue weighted by atomic mass is 32.2. The number of methoxy groups -OCH3 is 2. The maximum Gasteiger partial charge on any atom is 0.236 e. The molecule has 1 saturated heterocycles. The quantitative estimate of drug-likeness (QED) is 0.780. The van der Waals surface area contributed by atoms with Crippen LogP contribution in [0.4, 0.5) is 0 Å². The minimum absolute atomic E-state index is 0.00678. The molecule has 1 N–H and O–H groups in total. The minimum Gasteiger partial charge on any atom is -0.493 e. The van der Waals surface area contributed by atoms with Crippen LogP contribution in [0, 0.1) is 0 Å². The van der Waals surface area contributed by atoms with E-state index in [1.165, 1.54) is 0 Å². The molecular weight excluding hydrogens is 300 g/mol. The van der Waals surface area contributed by atoms with Gasteiger partial charge in [0.05, 0.1) is 19.5 Å². The fraction of sp³-hybridized carbons (Fsp3) is 0.562. The average Bonchev–Trinajstić information content (AvgIpc) is 2.82. The number of nitrogens with one attached hydrogen (secondary N) is 1. The summed E-state index contributed by atoms with van der Waals surface area (Å²) in [7, 11) is 5.17.